The molecule has 2 heteroatoms. The Morgan fingerprint density at radius 2 is 1.65 bits per heavy atom. The van der Waals surface area contributed by atoms with Crippen LogP contribution in [0.15, 0.2) is 46.9 Å². The highest BCUT2D eigenvalue weighted by Crippen LogP contribution is 2.34. The summed E-state index contributed by atoms with van der Waals surface area (Å²) in [5.41, 5.74) is 3.41. The summed E-state index contributed by atoms with van der Waals surface area (Å²) in [5.74, 6) is 0.259. The molecule has 2 aromatic carbocycles. The van der Waals surface area contributed by atoms with Crippen LogP contribution in [0.5, 0.6) is 0 Å². The van der Waals surface area contributed by atoms with Gasteiger partial charge in [0.15, 0.2) is 0 Å². The van der Waals surface area contributed by atoms with Crippen molar-refractivity contribution in [3.8, 4) is 11.1 Å². The highest BCUT2D eigenvalue weighted by molar-refractivity contribution is 9.10. The van der Waals surface area contributed by atoms with Gasteiger partial charge < -0.3 is 0 Å². The number of rotatable bonds is 2. The number of hydrogen-bond acceptors (Lipinski definition) is 0. The van der Waals surface area contributed by atoms with Crippen LogP contribution in [0.3, 0.4) is 0 Å². The second-order valence-corrected chi connectivity index (χ2v) is 5.16. The SMILES string of the molecule is CC(C)c1cccc(-c2ccc(F)cc2)c1Br. The summed E-state index contributed by atoms with van der Waals surface area (Å²) in [7, 11) is 0. The van der Waals surface area contributed by atoms with Crippen LogP contribution in [0.2, 0.25) is 0 Å². The van der Waals surface area contributed by atoms with Gasteiger partial charge in [0.25, 0.3) is 0 Å². The minimum Gasteiger partial charge on any atom is -0.207 e. The summed E-state index contributed by atoms with van der Waals surface area (Å²) >= 11 is 3.64. The molecule has 0 aliphatic carbocycles. The fourth-order valence-electron chi connectivity index (χ4n) is 1.85. The molecule has 0 atom stereocenters. The van der Waals surface area contributed by atoms with Crippen LogP contribution in [0, 0.1) is 5.82 Å². The Bertz CT molecular complexity index is 515. The first-order valence-corrected chi connectivity index (χ1v) is 6.43. The van der Waals surface area contributed by atoms with Crippen LogP contribution in [-0.2, 0) is 0 Å². The highest BCUT2D eigenvalue weighted by Gasteiger charge is 2.09. The van der Waals surface area contributed by atoms with Crippen molar-refractivity contribution in [3.63, 3.8) is 0 Å². The average Bonchev–Trinajstić information content (AvgIpc) is 2.30. The molecule has 0 fully saturated rings. The molecular formula is C15H14BrF. The van der Waals surface area contributed by atoms with E-state index < -0.39 is 0 Å². The van der Waals surface area contributed by atoms with E-state index in [1.807, 2.05) is 12.1 Å². The van der Waals surface area contributed by atoms with Gasteiger partial charge in [-0.25, -0.2) is 4.39 Å². The van der Waals surface area contributed by atoms with E-state index in [4.69, 9.17) is 0 Å². The van der Waals surface area contributed by atoms with Crippen LogP contribution >= 0.6 is 15.9 Å². The maximum Gasteiger partial charge on any atom is 0.123 e. The van der Waals surface area contributed by atoms with Crippen molar-refractivity contribution in [1.82, 2.24) is 0 Å². The van der Waals surface area contributed by atoms with E-state index >= 15 is 0 Å². The third kappa shape index (κ3) is 2.58. The molecule has 0 heterocycles. The number of hydrogen-bond donors (Lipinski definition) is 0. The fraction of sp³-hybridized carbons (Fsp3) is 0.200. The molecule has 0 radical (unpaired) electrons. The first-order valence-electron chi connectivity index (χ1n) is 5.64. The molecule has 0 amide bonds. The molecule has 2 rings (SSSR count). The summed E-state index contributed by atoms with van der Waals surface area (Å²) in [4.78, 5) is 0. The molecule has 0 aromatic heterocycles. The van der Waals surface area contributed by atoms with Crippen molar-refractivity contribution in [2.45, 2.75) is 19.8 Å². The maximum absolute atomic E-state index is 12.9. The Hall–Kier alpha value is -1.15. The summed E-state index contributed by atoms with van der Waals surface area (Å²) < 4.78 is 14.0. The Morgan fingerprint density at radius 3 is 2.24 bits per heavy atom. The standard InChI is InChI=1S/C15H14BrF/c1-10(2)13-4-3-5-14(15(13)16)11-6-8-12(17)9-7-11/h3-10H,1-2H3. The minimum absolute atomic E-state index is 0.204. The molecular weight excluding hydrogens is 279 g/mol. The summed E-state index contributed by atoms with van der Waals surface area (Å²) in [6, 6.07) is 12.8. The third-order valence-electron chi connectivity index (χ3n) is 2.81. The van der Waals surface area contributed by atoms with E-state index in [9.17, 15) is 4.39 Å². The molecule has 0 saturated carbocycles. The van der Waals surface area contributed by atoms with Crippen LogP contribution in [-0.4, -0.2) is 0 Å². The summed E-state index contributed by atoms with van der Waals surface area (Å²) in [6.07, 6.45) is 0. The molecule has 0 bridgehead atoms. The smallest absolute Gasteiger partial charge is 0.123 e. The van der Waals surface area contributed by atoms with Crippen molar-refractivity contribution >= 4 is 15.9 Å². The van der Waals surface area contributed by atoms with Gasteiger partial charge in [-0.1, -0.05) is 44.2 Å². The van der Waals surface area contributed by atoms with E-state index in [0.29, 0.717) is 5.92 Å². The number of benzene rings is 2. The first kappa shape index (κ1) is 12.3. The van der Waals surface area contributed by atoms with Gasteiger partial charge in [0.2, 0.25) is 0 Å². The fourth-order valence-corrected chi connectivity index (χ4v) is 2.80. The van der Waals surface area contributed by atoms with E-state index in [0.717, 1.165) is 15.6 Å². The largest absolute Gasteiger partial charge is 0.207 e. The molecule has 0 nitrogen and oxygen atoms in total. The number of halogens is 2. The van der Waals surface area contributed by atoms with Gasteiger partial charge in [-0.2, -0.15) is 0 Å². The Labute approximate surface area is 110 Å². The van der Waals surface area contributed by atoms with E-state index in [1.165, 1.54) is 17.7 Å². The predicted octanol–water partition coefficient (Wildman–Crippen LogP) is 5.38. The second-order valence-electron chi connectivity index (χ2n) is 4.37. The molecule has 0 unspecified atom stereocenters. The molecule has 17 heavy (non-hydrogen) atoms. The van der Waals surface area contributed by atoms with Crippen molar-refractivity contribution in [1.29, 1.82) is 0 Å². The lowest BCUT2D eigenvalue weighted by atomic mass is 9.97. The van der Waals surface area contributed by atoms with Crippen LogP contribution in [0.25, 0.3) is 11.1 Å². The molecule has 2 aromatic rings. The quantitative estimate of drug-likeness (QED) is 0.697. The lowest BCUT2D eigenvalue weighted by Gasteiger charge is -2.12. The van der Waals surface area contributed by atoms with Gasteiger partial charge in [-0.15, -0.1) is 0 Å². The van der Waals surface area contributed by atoms with Gasteiger partial charge in [0.05, 0.1) is 0 Å². The monoisotopic (exact) mass is 292 g/mol. The summed E-state index contributed by atoms with van der Waals surface area (Å²) in [6.45, 7) is 4.32. The molecule has 0 aliphatic rings. The minimum atomic E-state index is -0.204. The lowest BCUT2D eigenvalue weighted by Crippen LogP contribution is -1.91. The van der Waals surface area contributed by atoms with Gasteiger partial charge in [0.1, 0.15) is 5.82 Å². The zero-order valence-electron chi connectivity index (χ0n) is 9.87. The van der Waals surface area contributed by atoms with Gasteiger partial charge in [-0.3, -0.25) is 0 Å². The maximum atomic E-state index is 12.9. The molecule has 0 N–H and O–H groups in total. The lowest BCUT2D eigenvalue weighted by molar-refractivity contribution is 0.628. The van der Waals surface area contributed by atoms with Crippen molar-refractivity contribution in [2.75, 3.05) is 0 Å². The third-order valence-corrected chi connectivity index (χ3v) is 3.69. The normalized spacial score (nSPS) is 10.9. The molecule has 88 valence electrons. The molecule has 0 aliphatic heterocycles. The van der Waals surface area contributed by atoms with Gasteiger partial charge in [0, 0.05) is 4.47 Å². The first-order chi connectivity index (χ1) is 8.09. The van der Waals surface area contributed by atoms with Gasteiger partial charge in [-0.05, 0) is 50.7 Å². The zero-order chi connectivity index (χ0) is 12.4. The zero-order valence-corrected chi connectivity index (χ0v) is 11.5. The van der Waals surface area contributed by atoms with E-state index in [2.05, 4.69) is 35.8 Å². The Balaban J connectivity index is 2.52. The van der Waals surface area contributed by atoms with Gasteiger partial charge >= 0.3 is 0 Å². The Kier molecular flexibility index (Phi) is 3.63. The van der Waals surface area contributed by atoms with Crippen LogP contribution in [0.1, 0.15) is 25.3 Å². The molecule has 0 spiro atoms. The van der Waals surface area contributed by atoms with Crippen LogP contribution in [0.4, 0.5) is 4.39 Å². The van der Waals surface area contributed by atoms with Crippen LogP contribution < -0.4 is 0 Å². The predicted molar refractivity (Wildman–Crippen MR) is 73.6 cm³/mol. The topological polar surface area (TPSA) is 0 Å². The summed E-state index contributed by atoms with van der Waals surface area (Å²) in [5, 5.41) is 0. The molecule has 0 saturated heterocycles. The Morgan fingerprint density at radius 1 is 1.00 bits per heavy atom. The highest BCUT2D eigenvalue weighted by atomic mass is 79.9. The van der Waals surface area contributed by atoms with Crippen molar-refractivity contribution in [2.24, 2.45) is 0 Å². The van der Waals surface area contributed by atoms with Crippen molar-refractivity contribution < 1.29 is 4.39 Å². The van der Waals surface area contributed by atoms with E-state index in [1.54, 1.807) is 12.1 Å². The van der Waals surface area contributed by atoms with Crippen molar-refractivity contribution in [3.05, 3.63) is 58.3 Å². The average molecular weight is 293 g/mol. The van der Waals surface area contributed by atoms with E-state index in [-0.39, 0.29) is 5.82 Å². The second kappa shape index (κ2) is 5.01.